The van der Waals surface area contributed by atoms with E-state index in [0.717, 1.165) is 6.07 Å². The van der Waals surface area contributed by atoms with Gasteiger partial charge in [0.2, 0.25) is 5.82 Å². The van der Waals surface area contributed by atoms with Gasteiger partial charge in [-0.2, -0.15) is 22.5 Å². The summed E-state index contributed by atoms with van der Waals surface area (Å²) in [5.41, 5.74) is -0.263. The van der Waals surface area contributed by atoms with Gasteiger partial charge < -0.3 is 4.52 Å². The van der Waals surface area contributed by atoms with E-state index >= 15 is 0 Å². The maximum Gasteiger partial charge on any atom is 0.471 e. The molecule has 142 valence electrons. The van der Waals surface area contributed by atoms with E-state index in [1.165, 1.54) is 42.7 Å². The molecular formula is C16H10ClF4N3O2S. The molecule has 1 atom stereocenters. The molecule has 0 saturated carbocycles. The summed E-state index contributed by atoms with van der Waals surface area (Å²) in [5.74, 6) is -2.86. The molecule has 3 rings (SSSR count). The van der Waals surface area contributed by atoms with Crippen molar-refractivity contribution in [3.8, 4) is 11.4 Å². The van der Waals surface area contributed by atoms with Crippen molar-refractivity contribution in [3.63, 3.8) is 0 Å². The second kappa shape index (κ2) is 6.93. The molecule has 2 aromatic carbocycles. The highest BCUT2D eigenvalue weighted by Crippen LogP contribution is 2.31. The zero-order chi connectivity index (χ0) is 19.8. The molecule has 0 amide bonds. The van der Waals surface area contributed by atoms with Crippen LogP contribution >= 0.6 is 11.6 Å². The fraction of sp³-hybridized carbons (Fsp3) is 0.125. The lowest BCUT2D eigenvalue weighted by atomic mass is 10.2. The van der Waals surface area contributed by atoms with Crippen LogP contribution < -0.4 is 0 Å². The maximum absolute atomic E-state index is 14.3. The molecule has 0 N–H and O–H groups in total. The molecule has 1 aromatic heterocycles. The predicted molar refractivity (Wildman–Crippen MR) is 90.6 cm³/mol. The summed E-state index contributed by atoms with van der Waals surface area (Å²) in [6.45, 7) is 0. The average molecular weight is 420 g/mol. The molecule has 0 aliphatic carbocycles. The van der Waals surface area contributed by atoms with Crippen LogP contribution in [0.15, 0.2) is 56.2 Å². The van der Waals surface area contributed by atoms with Crippen molar-refractivity contribution in [1.82, 2.24) is 10.1 Å². The van der Waals surface area contributed by atoms with Gasteiger partial charge in [0.25, 0.3) is 0 Å². The Kier molecular flexibility index (Phi) is 4.96. The maximum atomic E-state index is 14.3. The Morgan fingerprint density at radius 1 is 1.15 bits per heavy atom. The number of halogens is 5. The van der Waals surface area contributed by atoms with E-state index in [4.69, 9.17) is 11.6 Å². The molecule has 5 nitrogen and oxygen atoms in total. The third-order valence-electron chi connectivity index (χ3n) is 3.40. The molecule has 0 saturated heterocycles. The standard InChI is InChI=1S/C16H10ClF4N3O2S/c1-27(25,11-5-3-10(17)4-6-11)24-13-7-2-9(8-12(13)18)14-22-15(26-23-14)16(19,20)21/h2-8H,1H3. The molecule has 0 bridgehead atoms. The minimum Gasteiger partial charge on any atom is -0.329 e. The molecule has 0 spiro atoms. The molecule has 3 aromatic rings. The van der Waals surface area contributed by atoms with E-state index in [9.17, 15) is 21.8 Å². The smallest absolute Gasteiger partial charge is 0.329 e. The van der Waals surface area contributed by atoms with Gasteiger partial charge in [-0.1, -0.05) is 16.8 Å². The molecule has 0 fully saturated rings. The lowest BCUT2D eigenvalue weighted by Gasteiger charge is -2.06. The molecule has 1 heterocycles. The summed E-state index contributed by atoms with van der Waals surface area (Å²) in [7, 11) is -2.97. The third-order valence-corrected chi connectivity index (χ3v) is 5.34. The van der Waals surface area contributed by atoms with E-state index in [2.05, 4.69) is 19.0 Å². The Bertz CT molecular complexity index is 1100. The van der Waals surface area contributed by atoms with E-state index in [1.807, 2.05) is 0 Å². The minimum atomic E-state index is -4.80. The van der Waals surface area contributed by atoms with Crippen molar-refractivity contribution in [3.05, 3.63) is 59.2 Å². The van der Waals surface area contributed by atoms with Crippen LogP contribution in [0.25, 0.3) is 11.4 Å². The van der Waals surface area contributed by atoms with Gasteiger partial charge in [-0.3, -0.25) is 0 Å². The Morgan fingerprint density at radius 2 is 1.81 bits per heavy atom. The fourth-order valence-electron chi connectivity index (χ4n) is 2.10. The average Bonchev–Trinajstić information content (AvgIpc) is 3.07. The second-order valence-corrected chi connectivity index (χ2v) is 8.13. The minimum absolute atomic E-state index is 0.0419. The van der Waals surface area contributed by atoms with E-state index in [1.54, 1.807) is 0 Å². The van der Waals surface area contributed by atoms with Crippen molar-refractivity contribution in [2.75, 3.05) is 6.26 Å². The first-order valence-electron chi connectivity index (χ1n) is 7.25. The molecule has 27 heavy (non-hydrogen) atoms. The first kappa shape index (κ1) is 19.3. The fourth-order valence-corrected chi connectivity index (χ4v) is 3.50. The second-order valence-electron chi connectivity index (χ2n) is 5.43. The monoisotopic (exact) mass is 419 g/mol. The summed E-state index contributed by atoms with van der Waals surface area (Å²) in [5, 5.41) is 3.63. The SMILES string of the molecule is CS(=O)(=Nc1ccc(-c2noc(C(F)(F)F)n2)cc1F)c1ccc(Cl)cc1. The van der Waals surface area contributed by atoms with Crippen molar-refractivity contribution in [2.45, 2.75) is 11.1 Å². The zero-order valence-electron chi connectivity index (χ0n) is 13.5. The van der Waals surface area contributed by atoms with Gasteiger partial charge in [0, 0.05) is 21.7 Å². The highest BCUT2D eigenvalue weighted by Gasteiger charge is 2.38. The lowest BCUT2D eigenvalue weighted by Crippen LogP contribution is -2.04. The van der Waals surface area contributed by atoms with Crippen molar-refractivity contribution >= 4 is 27.0 Å². The highest BCUT2D eigenvalue weighted by molar-refractivity contribution is 7.93. The summed E-state index contributed by atoms with van der Waals surface area (Å²) in [4.78, 5) is 3.53. The van der Waals surface area contributed by atoms with Crippen molar-refractivity contribution in [1.29, 1.82) is 0 Å². The van der Waals surface area contributed by atoms with Gasteiger partial charge >= 0.3 is 12.1 Å². The van der Waals surface area contributed by atoms with Crippen LogP contribution in [0.3, 0.4) is 0 Å². The number of nitrogens with zero attached hydrogens (tertiary/aromatic N) is 3. The van der Waals surface area contributed by atoms with Crippen LogP contribution in [-0.4, -0.2) is 20.6 Å². The van der Waals surface area contributed by atoms with E-state index in [0.29, 0.717) is 9.92 Å². The summed E-state index contributed by atoms with van der Waals surface area (Å²) in [6.07, 6.45) is -3.47. The van der Waals surface area contributed by atoms with Gasteiger partial charge in [-0.15, -0.1) is 0 Å². The molecule has 0 aliphatic rings. The number of hydrogen-bond acceptors (Lipinski definition) is 5. The van der Waals surface area contributed by atoms with Gasteiger partial charge in [0.15, 0.2) is 0 Å². The molecule has 11 heteroatoms. The van der Waals surface area contributed by atoms with Crippen molar-refractivity contribution < 1.29 is 26.3 Å². The Morgan fingerprint density at radius 3 is 2.37 bits per heavy atom. The highest BCUT2D eigenvalue weighted by atomic mass is 35.5. The van der Waals surface area contributed by atoms with Crippen LogP contribution in [0.1, 0.15) is 5.89 Å². The Hall–Kier alpha value is -2.46. The zero-order valence-corrected chi connectivity index (χ0v) is 15.1. The molecular weight excluding hydrogens is 410 g/mol. The number of aromatic nitrogens is 2. The number of benzene rings is 2. The quantitative estimate of drug-likeness (QED) is 0.537. The Balaban J connectivity index is 1.96. The first-order chi connectivity index (χ1) is 12.6. The van der Waals surface area contributed by atoms with Gasteiger partial charge in [-0.25, -0.2) is 8.60 Å². The van der Waals surface area contributed by atoms with Crippen LogP contribution in [0, 0.1) is 5.82 Å². The van der Waals surface area contributed by atoms with E-state index in [-0.39, 0.29) is 11.3 Å². The van der Waals surface area contributed by atoms with Gasteiger partial charge in [0.1, 0.15) is 11.5 Å². The van der Waals surface area contributed by atoms with Crippen LogP contribution in [0.4, 0.5) is 23.2 Å². The van der Waals surface area contributed by atoms with E-state index < -0.39 is 33.4 Å². The van der Waals surface area contributed by atoms with Gasteiger partial charge in [-0.05, 0) is 42.5 Å². The van der Waals surface area contributed by atoms with Crippen LogP contribution in [0.5, 0.6) is 0 Å². The number of alkyl halides is 3. The van der Waals surface area contributed by atoms with Crippen LogP contribution in [0.2, 0.25) is 5.02 Å². The first-order valence-corrected chi connectivity index (χ1v) is 9.55. The summed E-state index contributed by atoms with van der Waals surface area (Å²) in [6, 6.07) is 9.41. The number of rotatable bonds is 3. The third kappa shape index (κ3) is 4.28. The molecule has 0 aliphatic heterocycles. The molecule has 0 radical (unpaired) electrons. The summed E-state index contributed by atoms with van der Waals surface area (Å²) < 4.78 is 72.7. The van der Waals surface area contributed by atoms with Crippen LogP contribution in [-0.2, 0) is 15.9 Å². The predicted octanol–water partition coefficient (Wildman–Crippen LogP) is 5.34. The topological polar surface area (TPSA) is 68.3 Å². The number of hydrogen-bond donors (Lipinski definition) is 0. The summed E-state index contributed by atoms with van der Waals surface area (Å²) >= 11 is 5.78. The van der Waals surface area contributed by atoms with Crippen molar-refractivity contribution in [2.24, 2.45) is 4.36 Å². The molecule has 1 unspecified atom stereocenters. The Labute approximate surface area is 156 Å². The normalized spacial score (nSPS) is 14.0. The largest absolute Gasteiger partial charge is 0.471 e. The lowest BCUT2D eigenvalue weighted by molar-refractivity contribution is -0.159. The van der Waals surface area contributed by atoms with Gasteiger partial charge in [0.05, 0.1) is 9.73 Å².